The Kier molecular flexibility index (Phi) is 4.79. The Hall–Kier alpha value is -0.0800. The van der Waals surface area contributed by atoms with E-state index in [1.165, 1.54) is 44.9 Å². The van der Waals surface area contributed by atoms with Gasteiger partial charge < -0.3 is 10.2 Å². The lowest BCUT2D eigenvalue weighted by Gasteiger charge is -2.66. The molecule has 0 aromatic heterocycles. The van der Waals surface area contributed by atoms with Gasteiger partial charge in [-0.25, -0.2) is 0 Å². The lowest BCUT2D eigenvalue weighted by atomic mass is 9.40. The first-order chi connectivity index (χ1) is 12.3. The molecule has 0 heterocycles. The highest BCUT2D eigenvalue weighted by atomic mass is 16.3. The van der Waals surface area contributed by atoms with E-state index in [1.807, 2.05) is 0 Å². The van der Waals surface area contributed by atoms with Gasteiger partial charge in [-0.15, -0.1) is 0 Å². The quantitative estimate of drug-likeness (QED) is 0.690. The van der Waals surface area contributed by atoms with Crippen LogP contribution < -0.4 is 0 Å². The van der Waals surface area contributed by atoms with Crippen LogP contribution in [0.5, 0.6) is 0 Å². The molecule has 0 aromatic rings. The van der Waals surface area contributed by atoms with Gasteiger partial charge in [0.15, 0.2) is 0 Å². The predicted octanol–water partition coefficient (Wildman–Crippen LogP) is 5.56. The molecular formula is C24H42O2. The van der Waals surface area contributed by atoms with Gasteiger partial charge in [-0.05, 0) is 97.7 Å². The summed E-state index contributed by atoms with van der Waals surface area (Å²) in [7, 11) is 0. The summed E-state index contributed by atoms with van der Waals surface area (Å²) < 4.78 is 0. The summed E-state index contributed by atoms with van der Waals surface area (Å²) in [5.41, 5.74) is 0.729. The molecule has 4 fully saturated rings. The molecule has 0 spiro atoms. The van der Waals surface area contributed by atoms with E-state index in [4.69, 9.17) is 0 Å². The second-order valence-corrected chi connectivity index (χ2v) is 11.3. The first-order valence-electron chi connectivity index (χ1n) is 11.6. The normalized spacial score (nSPS) is 56.5. The number of fused-ring (bicyclic) bond motifs is 5. The molecule has 2 heteroatoms. The maximum Gasteiger partial charge on any atom is 0.0602 e. The highest BCUT2D eigenvalue weighted by Crippen LogP contribution is 2.70. The Bertz CT molecular complexity index is 532. The molecule has 2 nitrogen and oxygen atoms in total. The molecular weight excluding hydrogens is 320 g/mol. The van der Waals surface area contributed by atoms with Gasteiger partial charge in [-0.3, -0.25) is 0 Å². The largest absolute Gasteiger partial charge is 0.393 e. The molecule has 9 atom stereocenters. The van der Waals surface area contributed by atoms with Crippen molar-refractivity contribution in [3.63, 3.8) is 0 Å². The first-order valence-corrected chi connectivity index (χ1v) is 11.6. The molecule has 150 valence electrons. The Morgan fingerprint density at radius 2 is 1.69 bits per heavy atom. The summed E-state index contributed by atoms with van der Waals surface area (Å²) in [6.07, 6.45) is 13.1. The van der Waals surface area contributed by atoms with Crippen LogP contribution in [0.15, 0.2) is 0 Å². The number of unbranched alkanes of at least 4 members (excludes halogenated alkanes) is 1. The van der Waals surface area contributed by atoms with E-state index in [0.29, 0.717) is 11.3 Å². The Labute approximate surface area is 161 Å². The summed E-state index contributed by atoms with van der Waals surface area (Å²) in [5.74, 6) is 2.93. The van der Waals surface area contributed by atoms with Crippen molar-refractivity contribution in [2.75, 3.05) is 0 Å². The molecule has 0 aromatic carbocycles. The van der Waals surface area contributed by atoms with E-state index >= 15 is 0 Å². The van der Waals surface area contributed by atoms with Gasteiger partial charge in [-0.1, -0.05) is 40.5 Å². The number of hydrogen-bond acceptors (Lipinski definition) is 2. The molecule has 2 unspecified atom stereocenters. The standard InChI is InChI=1S/C24H42O2/c1-5-6-7-16-8-9-19-18-11-12-22(2)15-17(25)10-13-23(22,3)20(18)14-21(26)24(16,19)4/h16-21,25-26H,5-15H2,1-4H3/t16-,17+,18-,19?,20?,21-,22+,23+,24+/m0/s1. The summed E-state index contributed by atoms with van der Waals surface area (Å²) in [4.78, 5) is 0. The van der Waals surface area contributed by atoms with Crippen molar-refractivity contribution in [3.05, 3.63) is 0 Å². The average molecular weight is 363 g/mol. The SMILES string of the molecule is CCCC[C@H]1CCC2[C@@H]3CC[C@]4(C)C[C@H](O)CC[C@]4(C)C3C[C@H](O)[C@@]21C. The van der Waals surface area contributed by atoms with Gasteiger partial charge >= 0.3 is 0 Å². The molecule has 0 bridgehead atoms. The Balaban J connectivity index is 1.63. The van der Waals surface area contributed by atoms with E-state index in [2.05, 4.69) is 27.7 Å². The molecule has 4 saturated carbocycles. The van der Waals surface area contributed by atoms with E-state index in [1.54, 1.807) is 0 Å². The van der Waals surface area contributed by atoms with Crippen LogP contribution in [0, 0.1) is 39.9 Å². The third-order valence-electron chi connectivity index (χ3n) is 10.5. The molecule has 0 aliphatic heterocycles. The molecule has 4 aliphatic carbocycles. The van der Waals surface area contributed by atoms with Gasteiger partial charge in [0, 0.05) is 0 Å². The van der Waals surface area contributed by atoms with Crippen molar-refractivity contribution in [1.29, 1.82) is 0 Å². The smallest absolute Gasteiger partial charge is 0.0602 e. The topological polar surface area (TPSA) is 40.5 Å². The van der Waals surface area contributed by atoms with Crippen molar-refractivity contribution in [2.45, 2.75) is 111 Å². The minimum absolute atomic E-state index is 0.103. The minimum Gasteiger partial charge on any atom is -0.393 e. The predicted molar refractivity (Wildman–Crippen MR) is 107 cm³/mol. The van der Waals surface area contributed by atoms with Crippen LogP contribution in [-0.2, 0) is 0 Å². The lowest BCUT2D eigenvalue weighted by molar-refractivity contribution is -0.199. The van der Waals surface area contributed by atoms with Crippen molar-refractivity contribution < 1.29 is 10.2 Å². The van der Waals surface area contributed by atoms with E-state index < -0.39 is 0 Å². The second-order valence-electron chi connectivity index (χ2n) is 11.3. The van der Waals surface area contributed by atoms with Crippen LogP contribution in [0.4, 0.5) is 0 Å². The fraction of sp³-hybridized carbons (Fsp3) is 1.00. The van der Waals surface area contributed by atoms with Crippen molar-refractivity contribution in [2.24, 2.45) is 39.9 Å². The molecule has 0 radical (unpaired) electrons. The highest BCUT2D eigenvalue weighted by Gasteiger charge is 2.65. The molecule has 0 saturated heterocycles. The van der Waals surface area contributed by atoms with Gasteiger partial charge in [0.2, 0.25) is 0 Å². The van der Waals surface area contributed by atoms with Crippen LogP contribution in [0.1, 0.15) is 98.3 Å². The van der Waals surface area contributed by atoms with Crippen LogP contribution >= 0.6 is 0 Å². The molecule has 4 rings (SSSR count). The molecule has 26 heavy (non-hydrogen) atoms. The number of rotatable bonds is 3. The second kappa shape index (κ2) is 6.48. The Morgan fingerprint density at radius 3 is 2.42 bits per heavy atom. The van der Waals surface area contributed by atoms with Gasteiger partial charge in [0.25, 0.3) is 0 Å². The van der Waals surface area contributed by atoms with Gasteiger partial charge in [0.1, 0.15) is 0 Å². The summed E-state index contributed by atoms with van der Waals surface area (Å²) in [6, 6.07) is 0. The number of aliphatic hydroxyl groups excluding tert-OH is 2. The maximum atomic E-state index is 11.4. The molecule has 0 amide bonds. The van der Waals surface area contributed by atoms with Crippen molar-refractivity contribution in [3.8, 4) is 0 Å². The average Bonchev–Trinajstić information content (AvgIpc) is 2.93. The first kappa shape index (κ1) is 19.2. The number of hydrogen-bond donors (Lipinski definition) is 2. The van der Waals surface area contributed by atoms with Crippen LogP contribution in [-0.4, -0.2) is 22.4 Å². The van der Waals surface area contributed by atoms with E-state index in [9.17, 15) is 10.2 Å². The summed E-state index contributed by atoms with van der Waals surface area (Å²) in [5, 5.41) is 21.8. The Morgan fingerprint density at radius 1 is 0.923 bits per heavy atom. The van der Waals surface area contributed by atoms with Crippen LogP contribution in [0.3, 0.4) is 0 Å². The van der Waals surface area contributed by atoms with Crippen LogP contribution in [0.25, 0.3) is 0 Å². The van der Waals surface area contributed by atoms with E-state index in [0.717, 1.165) is 43.4 Å². The zero-order chi connectivity index (χ0) is 18.7. The third-order valence-corrected chi connectivity index (χ3v) is 10.5. The zero-order valence-corrected chi connectivity index (χ0v) is 17.6. The summed E-state index contributed by atoms with van der Waals surface area (Å²) in [6.45, 7) is 9.72. The number of aliphatic hydroxyl groups is 2. The summed E-state index contributed by atoms with van der Waals surface area (Å²) >= 11 is 0. The fourth-order valence-electron chi connectivity index (χ4n) is 8.62. The van der Waals surface area contributed by atoms with Gasteiger partial charge in [0.05, 0.1) is 12.2 Å². The highest BCUT2D eigenvalue weighted by molar-refractivity contribution is 5.14. The van der Waals surface area contributed by atoms with Gasteiger partial charge in [-0.2, -0.15) is 0 Å². The van der Waals surface area contributed by atoms with E-state index in [-0.39, 0.29) is 23.0 Å². The molecule has 2 N–H and O–H groups in total. The van der Waals surface area contributed by atoms with Crippen molar-refractivity contribution >= 4 is 0 Å². The zero-order valence-electron chi connectivity index (χ0n) is 17.6. The fourth-order valence-corrected chi connectivity index (χ4v) is 8.62. The molecule has 4 aliphatic rings. The monoisotopic (exact) mass is 362 g/mol. The third kappa shape index (κ3) is 2.50. The maximum absolute atomic E-state index is 11.4. The minimum atomic E-state index is -0.121. The lowest BCUT2D eigenvalue weighted by Crippen LogP contribution is -2.61. The van der Waals surface area contributed by atoms with Crippen molar-refractivity contribution in [1.82, 2.24) is 0 Å². The van der Waals surface area contributed by atoms with Crippen LogP contribution in [0.2, 0.25) is 0 Å².